The van der Waals surface area contributed by atoms with Crippen LogP contribution in [0, 0.1) is 0 Å². The van der Waals surface area contributed by atoms with Crippen LogP contribution < -0.4 is 11.5 Å². The maximum atomic E-state index is 11.1. The van der Waals surface area contributed by atoms with Gasteiger partial charge in [-0.3, -0.25) is 9.48 Å². The van der Waals surface area contributed by atoms with Crippen molar-refractivity contribution < 1.29 is 14.3 Å². The Balaban J connectivity index is 3.30. The molecule has 0 aromatic carbocycles. The number of nitrogens with zero attached hydrogens (tertiary/aromatic N) is 2. The summed E-state index contributed by atoms with van der Waals surface area (Å²) in [6.07, 6.45) is 0. The zero-order chi connectivity index (χ0) is 10.9. The van der Waals surface area contributed by atoms with Gasteiger partial charge >= 0.3 is 5.97 Å². The van der Waals surface area contributed by atoms with Gasteiger partial charge in [-0.25, -0.2) is 4.79 Å². The van der Waals surface area contributed by atoms with Gasteiger partial charge in [0.05, 0.1) is 12.8 Å². The summed E-state index contributed by atoms with van der Waals surface area (Å²) in [4.78, 5) is 22.0. The van der Waals surface area contributed by atoms with Crippen LogP contribution in [0.1, 0.15) is 21.0 Å². The number of hydrogen-bond acceptors (Lipinski definition) is 5. The zero-order valence-electron chi connectivity index (χ0n) is 7.77. The Morgan fingerprint density at radius 2 is 2.07 bits per heavy atom. The lowest BCUT2D eigenvalue weighted by molar-refractivity contribution is 0.0594. The molecule has 0 spiro atoms. The lowest BCUT2D eigenvalue weighted by atomic mass is 10.3. The highest BCUT2D eigenvalue weighted by Gasteiger charge is 2.22. The number of aryl methyl sites for hydroxylation is 1. The van der Waals surface area contributed by atoms with Crippen LogP contribution in [-0.4, -0.2) is 28.8 Å². The Morgan fingerprint density at radius 3 is 2.43 bits per heavy atom. The number of ether oxygens (including phenoxy) is 1. The van der Waals surface area contributed by atoms with Crippen LogP contribution in [0.25, 0.3) is 0 Å². The number of hydrogen-bond donors (Lipinski definition) is 2. The molecule has 0 radical (unpaired) electrons. The van der Waals surface area contributed by atoms with E-state index in [9.17, 15) is 9.59 Å². The van der Waals surface area contributed by atoms with E-state index in [1.54, 1.807) is 0 Å². The lowest BCUT2D eigenvalue weighted by Crippen LogP contribution is -2.17. The van der Waals surface area contributed by atoms with E-state index < -0.39 is 11.9 Å². The predicted octanol–water partition coefficient (Wildman–Crippen LogP) is -1.11. The maximum Gasteiger partial charge on any atom is 0.360 e. The second-order valence-electron chi connectivity index (χ2n) is 2.59. The van der Waals surface area contributed by atoms with Crippen molar-refractivity contribution in [3.05, 3.63) is 11.4 Å². The molecule has 1 heterocycles. The Bertz CT molecular complexity index is 396. The molecule has 0 saturated carbocycles. The lowest BCUT2D eigenvalue weighted by Gasteiger charge is -1.96. The molecule has 1 aromatic heterocycles. The number of esters is 1. The SMILES string of the molecule is COC(=O)c1nn(C)c(C(N)=O)c1N. The number of anilines is 1. The van der Waals surface area contributed by atoms with Gasteiger partial charge in [0, 0.05) is 7.05 Å². The van der Waals surface area contributed by atoms with E-state index in [-0.39, 0.29) is 17.1 Å². The molecule has 0 aliphatic heterocycles. The average Bonchev–Trinajstić information content (AvgIpc) is 2.40. The maximum absolute atomic E-state index is 11.1. The fourth-order valence-corrected chi connectivity index (χ4v) is 1.08. The molecule has 14 heavy (non-hydrogen) atoms. The van der Waals surface area contributed by atoms with E-state index in [0.717, 1.165) is 4.68 Å². The van der Waals surface area contributed by atoms with Gasteiger partial charge in [0.15, 0.2) is 5.69 Å². The van der Waals surface area contributed by atoms with E-state index in [1.165, 1.54) is 14.2 Å². The van der Waals surface area contributed by atoms with Gasteiger partial charge in [0.1, 0.15) is 5.69 Å². The summed E-state index contributed by atoms with van der Waals surface area (Å²) in [6, 6.07) is 0. The van der Waals surface area contributed by atoms with Gasteiger partial charge < -0.3 is 16.2 Å². The molecule has 7 nitrogen and oxygen atoms in total. The van der Waals surface area contributed by atoms with Crippen LogP contribution in [0.4, 0.5) is 5.69 Å². The highest BCUT2D eigenvalue weighted by atomic mass is 16.5. The van der Waals surface area contributed by atoms with Crippen molar-refractivity contribution in [1.82, 2.24) is 9.78 Å². The summed E-state index contributed by atoms with van der Waals surface area (Å²) in [5.74, 6) is -1.45. The second-order valence-corrected chi connectivity index (χ2v) is 2.59. The van der Waals surface area contributed by atoms with Gasteiger partial charge in [-0.1, -0.05) is 0 Å². The first-order chi connectivity index (χ1) is 6.49. The number of carbonyl (C=O) groups is 2. The standard InChI is InChI=1S/C7H10N4O3/c1-11-5(6(9)12)3(8)4(10-11)7(13)14-2/h8H2,1-2H3,(H2,9,12). The third-order valence-electron chi connectivity index (χ3n) is 1.70. The van der Waals surface area contributed by atoms with E-state index in [0.29, 0.717) is 0 Å². The van der Waals surface area contributed by atoms with Crippen molar-refractivity contribution in [3.8, 4) is 0 Å². The molecule has 4 N–H and O–H groups in total. The van der Waals surface area contributed by atoms with Crippen LogP contribution >= 0.6 is 0 Å². The third-order valence-corrected chi connectivity index (χ3v) is 1.70. The number of aromatic nitrogens is 2. The summed E-state index contributed by atoms with van der Waals surface area (Å²) < 4.78 is 5.56. The smallest absolute Gasteiger partial charge is 0.360 e. The molecule has 7 heteroatoms. The first-order valence-electron chi connectivity index (χ1n) is 3.69. The summed E-state index contributed by atoms with van der Waals surface area (Å²) in [5, 5.41) is 3.72. The van der Waals surface area contributed by atoms with Crippen molar-refractivity contribution in [2.75, 3.05) is 12.8 Å². The minimum atomic E-state index is -0.743. The fraction of sp³-hybridized carbons (Fsp3) is 0.286. The number of primary amides is 1. The minimum Gasteiger partial charge on any atom is -0.464 e. The van der Waals surface area contributed by atoms with Crippen LogP contribution in [0.5, 0.6) is 0 Å². The Morgan fingerprint density at radius 1 is 1.50 bits per heavy atom. The van der Waals surface area contributed by atoms with Crippen LogP contribution in [0.15, 0.2) is 0 Å². The Labute approximate surface area is 79.6 Å². The Kier molecular flexibility index (Phi) is 2.41. The normalized spacial score (nSPS) is 9.86. The van der Waals surface area contributed by atoms with E-state index in [2.05, 4.69) is 9.84 Å². The number of carbonyl (C=O) groups excluding carboxylic acids is 2. The van der Waals surface area contributed by atoms with Crippen molar-refractivity contribution in [2.24, 2.45) is 12.8 Å². The third kappa shape index (κ3) is 1.39. The van der Waals surface area contributed by atoms with Gasteiger partial charge in [0.2, 0.25) is 0 Å². The summed E-state index contributed by atoms with van der Waals surface area (Å²) in [7, 11) is 2.66. The highest BCUT2D eigenvalue weighted by molar-refractivity contribution is 6.03. The van der Waals surface area contributed by atoms with E-state index in [1.807, 2.05) is 0 Å². The molecule has 0 bridgehead atoms. The quantitative estimate of drug-likeness (QED) is 0.585. The molecular weight excluding hydrogens is 188 g/mol. The number of amides is 1. The summed E-state index contributed by atoms with van der Waals surface area (Å²) in [6.45, 7) is 0. The highest BCUT2D eigenvalue weighted by Crippen LogP contribution is 2.16. The monoisotopic (exact) mass is 198 g/mol. The largest absolute Gasteiger partial charge is 0.464 e. The first-order valence-corrected chi connectivity index (χ1v) is 3.69. The number of nitrogens with two attached hydrogens (primary N) is 2. The molecule has 0 atom stereocenters. The van der Waals surface area contributed by atoms with Crippen molar-refractivity contribution in [3.63, 3.8) is 0 Å². The molecule has 0 fully saturated rings. The minimum absolute atomic E-state index is 0.00889. The van der Waals surface area contributed by atoms with E-state index >= 15 is 0 Å². The molecule has 1 aromatic rings. The zero-order valence-corrected chi connectivity index (χ0v) is 7.77. The molecule has 0 unspecified atom stereocenters. The van der Waals surface area contributed by atoms with Crippen molar-refractivity contribution in [1.29, 1.82) is 0 Å². The molecule has 0 saturated heterocycles. The van der Waals surface area contributed by atoms with Crippen LogP contribution in [0.3, 0.4) is 0 Å². The van der Waals surface area contributed by atoms with Gasteiger partial charge in [-0.2, -0.15) is 5.10 Å². The number of nitrogen functional groups attached to an aromatic ring is 1. The molecule has 0 aliphatic rings. The van der Waals surface area contributed by atoms with Gasteiger partial charge in [-0.15, -0.1) is 0 Å². The van der Waals surface area contributed by atoms with Crippen molar-refractivity contribution in [2.45, 2.75) is 0 Å². The first kappa shape index (κ1) is 10.0. The number of methoxy groups -OCH3 is 1. The van der Waals surface area contributed by atoms with Gasteiger partial charge in [-0.05, 0) is 0 Å². The van der Waals surface area contributed by atoms with Crippen LogP contribution in [0.2, 0.25) is 0 Å². The topological polar surface area (TPSA) is 113 Å². The fourth-order valence-electron chi connectivity index (χ4n) is 1.08. The molecule has 76 valence electrons. The van der Waals surface area contributed by atoms with Crippen LogP contribution in [-0.2, 0) is 11.8 Å². The molecule has 1 amide bonds. The molecule has 0 aliphatic carbocycles. The number of rotatable bonds is 2. The predicted molar refractivity (Wildman–Crippen MR) is 47.5 cm³/mol. The summed E-state index contributed by atoms with van der Waals surface area (Å²) in [5.41, 5.74) is 10.4. The summed E-state index contributed by atoms with van der Waals surface area (Å²) >= 11 is 0. The van der Waals surface area contributed by atoms with Crippen molar-refractivity contribution >= 4 is 17.6 Å². The Hall–Kier alpha value is -2.05. The average molecular weight is 198 g/mol. The van der Waals surface area contributed by atoms with E-state index in [4.69, 9.17) is 11.5 Å². The molecule has 1 rings (SSSR count). The van der Waals surface area contributed by atoms with Gasteiger partial charge in [0.25, 0.3) is 5.91 Å². The second kappa shape index (κ2) is 3.36. The molecular formula is C7H10N4O3.